The number of rotatable bonds is 6. The molecule has 1 heterocycles. The molecule has 0 spiro atoms. The molecule has 3 aromatic rings. The van der Waals surface area contributed by atoms with Crippen LogP contribution in [0.25, 0.3) is 11.1 Å². The number of esters is 1. The number of benzene rings is 2. The van der Waals surface area contributed by atoms with Gasteiger partial charge in [-0.15, -0.1) is 11.3 Å². The first-order valence-electron chi connectivity index (χ1n) is 9.22. The first-order valence-corrected chi connectivity index (χ1v) is 10.9. The number of nitro benzene ring substituents is 1. The maximum Gasteiger partial charge on any atom is 0.341 e. The van der Waals surface area contributed by atoms with E-state index in [-0.39, 0.29) is 28.5 Å². The molecule has 0 aliphatic rings. The highest BCUT2D eigenvalue weighted by atomic mass is 35.5. The van der Waals surface area contributed by atoms with Crippen LogP contribution in [-0.2, 0) is 4.74 Å². The van der Waals surface area contributed by atoms with Gasteiger partial charge in [-0.2, -0.15) is 0 Å². The summed E-state index contributed by atoms with van der Waals surface area (Å²) in [5, 5.41) is 18.6. The number of non-ortho nitro benzene ring substituents is 1. The molecule has 0 aliphatic heterocycles. The second kappa shape index (κ2) is 10.3. The van der Waals surface area contributed by atoms with Gasteiger partial charge in [0.25, 0.3) is 11.6 Å². The zero-order valence-corrected chi connectivity index (χ0v) is 19.0. The van der Waals surface area contributed by atoms with E-state index in [1.807, 2.05) is 0 Å². The second-order valence-electron chi connectivity index (χ2n) is 6.27. The van der Waals surface area contributed by atoms with Crippen LogP contribution in [0.4, 0.5) is 10.7 Å². The molecule has 3 rings (SSSR count). The Morgan fingerprint density at radius 3 is 2.47 bits per heavy atom. The van der Waals surface area contributed by atoms with Crippen molar-refractivity contribution >= 4 is 62.8 Å². The van der Waals surface area contributed by atoms with Crippen molar-refractivity contribution in [2.45, 2.75) is 6.92 Å². The number of amides is 1. The minimum atomic E-state index is -0.560. The van der Waals surface area contributed by atoms with Crippen LogP contribution in [0, 0.1) is 10.1 Å². The van der Waals surface area contributed by atoms with E-state index in [4.69, 9.17) is 28.6 Å². The summed E-state index contributed by atoms with van der Waals surface area (Å²) in [6.45, 7) is 1.87. The number of anilines is 1. The van der Waals surface area contributed by atoms with Crippen LogP contribution in [0.5, 0.6) is 0 Å². The maximum absolute atomic E-state index is 12.7. The Kier molecular flexibility index (Phi) is 7.52. The lowest BCUT2D eigenvalue weighted by Gasteiger charge is -2.11. The minimum Gasteiger partial charge on any atom is -0.462 e. The third kappa shape index (κ3) is 5.28. The summed E-state index contributed by atoms with van der Waals surface area (Å²) in [5.41, 5.74) is 1.53. The monoisotopic (exact) mass is 489 g/mol. The molecule has 2 aromatic carbocycles. The highest BCUT2D eigenvalue weighted by Gasteiger charge is 2.23. The molecule has 0 bridgehead atoms. The van der Waals surface area contributed by atoms with E-state index in [9.17, 15) is 19.7 Å². The Labute approximate surface area is 197 Å². The average Bonchev–Trinajstić information content (AvgIpc) is 3.17. The van der Waals surface area contributed by atoms with Crippen LogP contribution in [-0.4, -0.2) is 28.5 Å². The Balaban J connectivity index is 1.82. The SMILES string of the molecule is CCOC(=O)c1c(-c2ccccc2Cl)csc1NC(=S)NC(=O)c1ccc([N+](=O)[O-])cc1. The molecule has 0 saturated carbocycles. The molecule has 1 amide bonds. The summed E-state index contributed by atoms with van der Waals surface area (Å²) in [6, 6.07) is 12.2. The van der Waals surface area contributed by atoms with Crippen molar-refractivity contribution in [1.29, 1.82) is 0 Å². The van der Waals surface area contributed by atoms with Crippen molar-refractivity contribution < 1.29 is 19.2 Å². The van der Waals surface area contributed by atoms with Gasteiger partial charge in [-0.3, -0.25) is 20.2 Å². The number of ether oxygens (including phenoxy) is 1. The fourth-order valence-corrected chi connectivity index (χ4v) is 4.23. The number of nitrogens with one attached hydrogen (secondary N) is 2. The van der Waals surface area contributed by atoms with Gasteiger partial charge in [0.2, 0.25) is 0 Å². The number of thiophene rings is 1. The van der Waals surface area contributed by atoms with Gasteiger partial charge >= 0.3 is 5.97 Å². The summed E-state index contributed by atoms with van der Waals surface area (Å²) in [4.78, 5) is 35.3. The van der Waals surface area contributed by atoms with Gasteiger partial charge < -0.3 is 10.1 Å². The molecule has 32 heavy (non-hydrogen) atoms. The smallest absolute Gasteiger partial charge is 0.341 e. The van der Waals surface area contributed by atoms with Crippen molar-refractivity contribution in [2.75, 3.05) is 11.9 Å². The normalized spacial score (nSPS) is 10.3. The molecule has 11 heteroatoms. The van der Waals surface area contributed by atoms with E-state index in [0.717, 1.165) is 0 Å². The fourth-order valence-electron chi connectivity index (χ4n) is 2.78. The van der Waals surface area contributed by atoms with Crippen LogP contribution in [0.3, 0.4) is 0 Å². The lowest BCUT2D eigenvalue weighted by atomic mass is 10.0. The first kappa shape index (κ1) is 23.3. The average molecular weight is 490 g/mol. The van der Waals surface area contributed by atoms with Crippen molar-refractivity contribution in [3.05, 3.63) is 80.2 Å². The lowest BCUT2D eigenvalue weighted by molar-refractivity contribution is -0.384. The van der Waals surface area contributed by atoms with Crippen LogP contribution in [0.1, 0.15) is 27.6 Å². The Hall–Kier alpha value is -3.34. The summed E-state index contributed by atoms with van der Waals surface area (Å²) in [6.07, 6.45) is 0. The third-order valence-corrected chi connectivity index (χ3v) is 5.66. The van der Waals surface area contributed by atoms with Crippen molar-refractivity contribution in [3.8, 4) is 11.1 Å². The molecule has 0 unspecified atom stereocenters. The number of carbonyl (C=O) groups excluding carboxylic acids is 2. The molecular formula is C21H16ClN3O5S2. The van der Waals surface area contributed by atoms with Gasteiger partial charge in [-0.1, -0.05) is 29.8 Å². The van der Waals surface area contributed by atoms with E-state index in [0.29, 0.717) is 21.2 Å². The minimum absolute atomic E-state index is 0.0496. The molecule has 0 atom stereocenters. The van der Waals surface area contributed by atoms with Gasteiger partial charge in [0, 0.05) is 39.2 Å². The number of carbonyl (C=O) groups is 2. The summed E-state index contributed by atoms with van der Waals surface area (Å²) < 4.78 is 5.19. The zero-order chi connectivity index (χ0) is 23.3. The van der Waals surface area contributed by atoms with Crippen LogP contribution in [0.2, 0.25) is 5.02 Å². The van der Waals surface area contributed by atoms with Crippen LogP contribution >= 0.6 is 35.2 Å². The first-order chi connectivity index (χ1) is 15.3. The molecule has 164 valence electrons. The fraction of sp³-hybridized carbons (Fsp3) is 0.0952. The summed E-state index contributed by atoms with van der Waals surface area (Å²) >= 11 is 12.7. The van der Waals surface area contributed by atoms with Crippen LogP contribution < -0.4 is 10.6 Å². The largest absolute Gasteiger partial charge is 0.462 e. The standard InChI is InChI=1S/C21H16ClN3O5S2/c1-2-30-20(27)17-15(14-5-3-4-6-16(14)22)11-32-19(17)24-21(31)23-18(26)12-7-9-13(10-8-12)25(28)29/h3-11H,2H2,1H3,(H2,23,24,26,31). The van der Waals surface area contributed by atoms with Gasteiger partial charge in [0.05, 0.1) is 11.5 Å². The zero-order valence-electron chi connectivity index (χ0n) is 16.6. The second-order valence-corrected chi connectivity index (χ2v) is 7.96. The van der Waals surface area contributed by atoms with E-state index < -0.39 is 16.8 Å². The molecule has 0 saturated heterocycles. The van der Waals surface area contributed by atoms with Gasteiger partial charge in [-0.25, -0.2) is 4.79 Å². The van der Waals surface area contributed by atoms with Gasteiger partial charge in [0.1, 0.15) is 10.6 Å². The Morgan fingerprint density at radius 1 is 1.16 bits per heavy atom. The highest BCUT2D eigenvalue weighted by molar-refractivity contribution is 7.80. The quantitative estimate of drug-likeness (QED) is 0.210. The number of hydrogen-bond donors (Lipinski definition) is 2. The number of thiocarbonyl (C=S) groups is 1. The molecule has 0 aliphatic carbocycles. The number of nitro groups is 1. The topological polar surface area (TPSA) is 111 Å². The van der Waals surface area contributed by atoms with Crippen molar-refractivity contribution in [2.24, 2.45) is 0 Å². The summed E-state index contributed by atoms with van der Waals surface area (Å²) in [7, 11) is 0. The summed E-state index contributed by atoms with van der Waals surface area (Å²) in [5.74, 6) is -1.12. The van der Waals surface area contributed by atoms with Gasteiger partial charge in [-0.05, 0) is 37.3 Å². The van der Waals surface area contributed by atoms with E-state index in [2.05, 4.69) is 10.6 Å². The van der Waals surface area contributed by atoms with E-state index in [1.54, 1.807) is 36.6 Å². The third-order valence-electron chi connectivity index (χ3n) is 4.23. The van der Waals surface area contributed by atoms with E-state index >= 15 is 0 Å². The maximum atomic E-state index is 12.7. The number of halogens is 1. The highest BCUT2D eigenvalue weighted by Crippen LogP contribution is 2.39. The van der Waals surface area contributed by atoms with Crippen molar-refractivity contribution in [3.63, 3.8) is 0 Å². The Morgan fingerprint density at radius 2 is 1.84 bits per heavy atom. The van der Waals surface area contributed by atoms with E-state index in [1.165, 1.54) is 35.6 Å². The predicted molar refractivity (Wildman–Crippen MR) is 128 cm³/mol. The predicted octanol–water partition coefficient (Wildman–Crippen LogP) is 5.28. The van der Waals surface area contributed by atoms with Crippen molar-refractivity contribution in [1.82, 2.24) is 5.32 Å². The molecular weight excluding hydrogens is 474 g/mol. The molecule has 2 N–H and O–H groups in total. The molecule has 1 aromatic heterocycles. The van der Waals surface area contributed by atoms with Crippen LogP contribution in [0.15, 0.2) is 53.9 Å². The van der Waals surface area contributed by atoms with Gasteiger partial charge in [0.15, 0.2) is 5.11 Å². The molecule has 0 fully saturated rings. The molecule has 0 radical (unpaired) electrons. The number of nitrogens with zero attached hydrogens (tertiary/aromatic N) is 1. The lowest BCUT2D eigenvalue weighted by Crippen LogP contribution is -2.34. The number of hydrogen-bond acceptors (Lipinski definition) is 7. The molecule has 8 nitrogen and oxygen atoms in total. The Bertz CT molecular complexity index is 1190.